The number of imide groups is 1. The Hall–Kier alpha value is -2.52. The van der Waals surface area contributed by atoms with Crippen molar-refractivity contribution in [2.24, 2.45) is 0 Å². The van der Waals surface area contributed by atoms with Gasteiger partial charge in [-0.25, -0.2) is 9.18 Å². The average Bonchev–Trinajstić information content (AvgIpc) is 3.20. The predicted octanol–water partition coefficient (Wildman–Crippen LogP) is 0.714. The molecule has 0 atom stereocenters. The third kappa shape index (κ3) is 5.74. The number of benzene rings is 1. The van der Waals surface area contributed by atoms with Crippen molar-refractivity contribution in [3.05, 3.63) is 30.1 Å². The summed E-state index contributed by atoms with van der Waals surface area (Å²) >= 11 is 0. The number of halogens is 1. The van der Waals surface area contributed by atoms with E-state index in [1.807, 2.05) is 9.80 Å². The molecule has 2 aliphatic heterocycles. The van der Waals surface area contributed by atoms with Crippen LogP contribution in [0.25, 0.3) is 0 Å². The molecule has 8 nitrogen and oxygen atoms in total. The number of hydrogen-bond acceptors (Lipinski definition) is 5. The maximum atomic E-state index is 13.5. The van der Waals surface area contributed by atoms with E-state index < -0.39 is 17.8 Å². The van der Waals surface area contributed by atoms with Crippen LogP contribution in [-0.2, 0) is 9.59 Å². The summed E-state index contributed by atoms with van der Waals surface area (Å²) in [4.78, 5) is 42.0. The predicted molar refractivity (Wildman–Crippen MR) is 102 cm³/mol. The zero-order chi connectivity index (χ0) is 19.9. The maximum Gasteiger partial charge on any atom is 0.326 e. The highest BCUT2D eigenvalue weighted by Gasteiger charge is 2.24. The minimum Gasteiger partial charge on any atom is -0.342 e. The monoisotopic (exact) mass is 391 g/mol. The van der Waals surface area contributed by atoms with Crippen LogP contribution >= 0.6 is 0 Å². The molecule has 0 aromatic heterocycles. The molecule has 1 aromatic carbocycles. The fourth-order valence-electron chi connectivity index (χ4n) is 3.45. The van der Waals surface area contributed by atoms with E-state index in [1.54, 1.807) is 6.07 Å². The number of hydrogen-bond donors (Lipinski definition) is 2. The Bertz CT molecular complexity index is 715. The fraction of sp³-hybridized carbons (Fsp3) is 0.526. The van der Waals surface area contributed by atoms with Gasteiger partial charge in [0.25, 0.3) is 0 Å². The minimum atomic E-state index is -0.759. The second-order valence-electron chi connectivity index (χ2n) is 7.12. The van der Waals surface area contributed by atoms with Crippen molar-refractivity contribution in [2.75, 3.05) is 57.7 Å². The number of urea groups is 1. The lowest BCUT2D eigenvalue weighted by Gasteiger charge is -2.34. The molecule has 0 bridgehead atoms. The second kappa shape index (κ2) is 9.61. The number of carbonyl (C=O) groups is 3. The summed E-state index contributed by atoms with van der Waals surface area (Å²) in [5.74, 6) is -0.839. The molecule has 2 heterocycles. The number of piperazine rings is 1. The van der Waals surface area contributed by atoms with Crippen LogP contribution < -0.4 is 10.6 Å². The molecule has 28 heavy (non-hydrogen) atoms. The Balaban J connectivity index is 1.36. The van der Waals surface area contributed by atoms with Crippen LogP contribution in [0.2, 0.25) is 0 Å². The first kappa shape index (κ1) is 20.2. The molecule has 0 unspecified atom stereocenters. The van der Waals surface area contributed by atoms with Crippen molar-refractivity contribution in [1.82, 2.24) is 20.0 Å². The number of rotatable bonds is 5. The van der Waals surface area contributed by atoms with E-state index in [9.17, 15) is 18.8 Å². The lowest BCUT2D eigenvalue weighted by molar-refractivity contribution is -0.132. The van der Waals surface area contributed by atoms with Crippen molar-refractivity contribution in [3.8, 4) is 0 Å². The molecule has 0 saturated carbocycles. The SMILES string of the molecule is O=C(CN1CCN(CC(=O)N2CCCC2)CC1)NC(=O)Nc1ccccc1F. The molecule has 3 rings (SSSR count). The van der Waals surface area contributed by atoms with Crippen molar-refractivity contribution in [1.29, 1.82) is 0 Å². The molecule has 1 aromatic rings. The van der Waals surface area contributed by atoms with Gasteiger partial charge in [0.05, 0.1) is 18.8 Å². The number of carbonyl (C=O) groups excluding carboxylic acids is 3. The third-order valence-corrected chi connectivity index (χ3v) is 5.02. The van der Waals surface area contributed by atoms with Gasteiger partial charge in [0.1, 0.15) is 5.82 Å². The van der Waals surface area contributed by atoms with Gasteiger partial charge in [0.15, 0.2) is 0 Å². The van der Waals surface area contributed by atoms with Crippen molar-refractivity contribution >= 4 is 23.5 Å². The Morgan fingerprint density at radius 1 is 0.893 bits per heavy atom. The topological polar surface area (TPSA) is 85.0 Å². The largest absolute Gasteiger partial charge is 0.342 e. The van der Waals surface area contributed by atoms with E-state index in [4.69, 9.17) is 0 Å². The molecule has 9 heteroatoms. The van der Waals surface area contributed by atoms with Crippen LogP contribution in [0.15, 0.2) is 24.3 Å². The van der Waals surface area contributed by atoms with E-state index in [0.717, 1.165) is 25.9 Å². The van der Waals surface area contributed by atoms with Crippen LogP contribution in [0.4, 0.5) is 14.9 Å². The van der Waals surface area contributed by atoms with E-state index >= 15 is 0 Å². The van der Waals surface area contributed by atoms with Crippen molar-refractivity contribution in [2.45, 2.75) is 12.8 Å². The molecule has 2 saturated heterocycles. The van der Waals surface area contributed by atoms with Gasteiger partial charge >= 0.3 is 6.03 Å². The molecule has 4 amide bonds. The average molecular weight is 391 g/mol. The van der Waals surface area contributed by atoms with Crippen molar-refractivity contribution in [3.63, 3.8) is 0 Å². The number of nitrogens with zero attached hydrogens (tertiary/aromatic N) is 3. The van der Waals surface area contributed by atoms with Crippen LogP contribution in [0.3, 0.4) is 0 Å². The smallest absolute Gasteiger partial charge is 0.326 e. The highest BCUT2D eigenvalue weighted by Crippen LogP contribution is 2.12. The standard InChI is InChI=1S/C19H26FN5O3/c20-15-5-1-2-6-16(15)21-19(28)22-17(26)13-23-9-11-24(12-10-23)14-18(27)25-7-3-4-8-25/h1-2,5-6H,3-4,7-14H2,(H2,21,22,26,28). The first-order valence-corrected chi connectivity index (χ1v) is 9.59. The molecular formula is C19H26FN5O3. The number of nitrogens with one attached hydrogen (secondary N) is 2. The number of anilines is 1. The van der Waals surface area contributed by atoms with Gasteiger partial charge in [-0.05, 0) is 25.0 Å². The van der Waals surface area contributed by atoms with Crippen LogP contribution in [0.1, 0.15) is 12.8 Å². The molecule has 2 aliphatic rings. The summed E-state index contributed by atoms with van der Waals surface area (Å²) in [6.07, 6.45) is 2.16. The highest BCUT2D eigenvalue weighted by molar-refractivity contribution is 6.01. The Morgan fingerprint density at radius 3 is 2.14 bits per heavy atom. The van der Waals surface area contributed by atoms with Crippen molar-refractivity contribution < 1.29 is 18.8 Å². The quantitative estimate of drug-likeness (QED) is 0.773. The summed E-state index contributed by atoms with van der Waals surface area (Å²) in [7, 11) is 0. The Kier molecular flexibility index (Phi) is 6.94. The number of likely N-dealkylation sites (tertiary alicyclic amines) is 1. The maximum absolute atomic E-state index is 13.5. The molecule has 0 radical (unpaired) electrons. The van der Waals surface area contributed by atoms with E-state index in [-0.39, 0.29) is 18.1 Å². The fourth-order valence-corrected chi connectivity index (χ4v) is 3.45. The van der Waals surface area contributed by atoms with E-state index in [1.165, 1.54) is 18.2 Å². The van der Waals surface area contributed by atoms with Gasteiger partial charge in [-0.1, -0.05) is 12.1 Å². The van der Waals surface area contributed by atoms with Gasteiger partial charge in [-0.3, -0.25) is 24.7 Å². The van der Waals surface area contributed by atoms with Gasteiger partial charge in [-0.2, -0.15) is 0 Å². The van der Waals surface area contributed by atoms with Gasteiger partial charge in [-0.15, -0.1) is 0 Å². The first-order valence-electron chi connectivity index (χ1n) is 9.59. The first-order chi connectivity index (χ1) is 13.5. The van der Waals surface area contributed by atoms with E-state index in [0.29, 0.717) is 32.7 Å². The number of amides is 4. The third-order valence-electron chi connectivity index (χ3n) is 5.02. The molecule has 0 spiro atoms. The molecule has 2 N–H and O–H groups in total. The van der Waals surface area contributed by atoms with Crippen LogP contribution in [0, 0.1) is 5.82 Å². The molecule has 0 aliphatic carbocycles. The molecular weight excluding hydrogens is 365 g/mol. The summed E-state index contributed by atoms with van der Waals surface area (Å²) in [6, 6.07) is 4.99. The second-order valence-corrected chi connectivity index (χ2v) is 7.12. The van der Waals surface area contributed by atoms with Gasteiger partial charge < -0.3 is 10.2 Å². The Morgan fingerprint density at radius 2 is 1.50 bits per heavy atom. The number of para-hydroxylation sites is 1. The normalized spacial score (nSPS) is 18.1. The van der Waals surface area contributed by atoms with Crippen LogP contribution in [0.5, 0.6) is 0 Å². The molecule has 2 fully saturated rings. The van der Waals surface area contributed by atoms with Gasteiger partial charge in [0.2, 0.25) is 11.8 Å². The highest BCUT2D eigenvalue weighted by atomic mass is 19.1. The summed E-state index contributed by atoms with van der Waals surface area (Å²) in [6.45, 7) is 4.92. The Labute approximate surface area is 163 Å². The summed E-state index contributed by atoms with van der Waals surface area (Å²) in [5, 5.41) is 4.53. The summed E-state index contributed by atoms with van der Waals surface area (Å²) in [5.41, 5.74) is 0.0177. The summed E-state index contributed by atoms with van der Waals surface area (Å²) < 4.78 is 13.5. The minimum absolute atomic E-state index is 0.0177. The van der Waals surface area contributed by atoms with Crippen LogP contribution in [-0.4, -0.2) is 84.9 Å². The van der Waals surface area contributed by atoms with Gasteiger partial charge in [0, 0.05) is 39.3 Å². The lowest BCUT2D eigenvalue weighted by Crippen LogP contribution is -2.52. The molecule has 152 valence electrons. The zero-order valence-corrected chi connectivity index (χ0v) is 15.8. The lowest BCUT2D eigenvalue weighted by atomic mass is 10.3. The van der Waals surface area contributed by atoms with E-state index in [2.05, 4.69) is 15.5 Å². The zero-order valence-electron chi connectivity index (χ0n) is 15.8.